The molecular weight excluding hydrogens is 292 g/mol. The van der Waals surface area contributed by atoms with Gasteiger partial charge in [0.05, 0.1) is 6.04 Å². The molecule has 1 N–H and O–H groups in total. The summed E-state index contributed by atoms with van der Waals surface area (Å²) in [6.45, 7) is 2.30. The molecule has 2 rings (SSSR count). The molecule has 0 aliphatic rings. The van der Waals surface area contributed by atoms with E-state index in [-0.39, 0.29) is 11.8 Å². The molecule has 1 heterocycles. The summed E-state index contributed by atoms with van der Waals surface area (Å²) in [7, 11) is 0. The molecule has 1 atom stereocenters. The van der Waals surface area contributed by atoms with Crippen molar-refractivity contribution < 1.29 is 13.5 Å². The molecular formula is C16H19F2NOS. The van der Waals surface area contributed by atoms with Gasteiger partial charge in [-0.15, -0.1) is 11.3 Å². The number of thiophene rings is 1. The third kappa shape index (κ3) is 4.51. The van der Waals surface area contributed by atoms with Gasteiger partial charge in [-0.2, -0.15) is 8.78 Å². The molecule has 1 aromatic carbocycles. The van der Waals surface area contributed by atoms with Crippen molar-refractivity contribution in [2.75, 3.05) is 6.54 Å². The Kier molecular flexibility index (Phi) is 5.70. The molecule has 0 aliphatic heterocycles. The van der Waals surface area contributed by atoms with Gasteiger partial charge in [-0.05, 0) is 49.7 Å². The second-order valence-electron chi connectivity index (χ2n) is 4.78. The van der Waals surface area contributed by atoms with Crippen LogP contribution in [0.4, 0.5) is 8.78 Å². The van der Waals surface area contributed by atoms with Crippen LogP contribution in [0.5, 0.6) is 5.75 Å². The number of hydrogen-bond donors (Lipinski definition) is 1. The quantitative estimate of drug-likeness (QED) is 0.797. The number of aryl methyl sites for hydroxylation is 1. The Hall–Kier alpha value is -1.46. The normalized spacial score (nSPS) is 12.6. The smallest absolute Gasteiger partial charge is 0.387 e. The van der Waals surface area contributed by atoms with Gasteiger partial charge in [-0.3, -0.25) is 0 Å². The van der Waals surface area contributed by atoms with E-state index in [2.05, 4.69) is 36.0 Å². The average molecular weight is 311 g/mol. The predicted molar refractivity (Wildman–Crippen MR) is 82.3 cm³/mol. The van der Waals surface area contributed by atoms with Crippen molar-refractivity contribution in [2.24, 2.45) is 0 Å². The standard InChI is InChI=1S/C16H19F2NOS/c1-3-10-19-15(14-9-4-11(2)21-14)12-5-7-13(8-6-12)20-16(17)18/h4-9,15-16,19H,3,10H2,1-2H3. The molecule has 1 unspecified atom stereocenters. The highest BCUT2D eigenvalue weighted by Gasteiger charge is 2.15. The van der Waals surface area contributed by atoms with Crippen molar-refractivity contribution in [3.63, 3.8) is 0 Å². The molecule has 2 aromatic rings. The Balaban J connectivity index is 2.20. The van der Waals surface area contributed by atoms with Crippen LogP contribution in [0.15, 0.2) is 36.4 Å². The molecule has 1 aromatic heterocycles. The average Bonchev–Trinajstić information content (AvgIpc) is 2.87. The van der Waals surface area contributed by atoms with Crippen molar-refractivity contribution in [3.05, 3.63) is 51.7 Å². The lowest BCUT2D eigenvalue weighted by Gasteiger charge is -2.18. The molecule has 0 saturated heterocycles. The summed E-state index contributed by atoms with van der Waals surface area (Å²) < 4.78 is 28.8. The highest BCUT2D eigenvalue weighted by atomic mass is 32.1. The van der Waals surface area contributed by atoms with E-state index in [0.29, 0.717) is 0 Å². The Morgan fingerprint density at radius 1 is 1.14 bits per heavy atom. The van der Waals surface area contributed by atoms with Crippen LogP contribution in [-0.4, -0.2) is 13.2 Å². The fourth-order valence-corrected chi connectivity index (χ4v) is 3.10. The van der Waals surface area contributed by atoms with Crippen molar-refractivity contribution in [2.45, 2.75) is 32.9 Å². The lowest BCUT2D eigenvalue weighted by Crippen LogP contribution is -2.22. The third-order valence-electron chi connectivity index (χ3n) is 3.08. The number of alkyl halides is 2. The van der Waals surface area contributed by atoms with Crippen molar-refractivity contribution in [3.8, 4) is 5.75 Å². The van der Waals surface area contributed by atoms with Gasteiger partial charge >= 0.3 is 6.61 Å². The van der Waals surface area contributed by atoms with E-state index in [1.807, 2.05) is 12.1 Å². The Morgan fingerprint density at radius 2 is 1.86 bits per heavy atom. The minimum atomic E-state index is -2.79. The van der Waals surface area contributed by atoms with Crippen LogP contribution in [0.1, 0.15) is 34.7 Å². The van der Waals surface area contributed by atoms with Crippen LogP contribution in [0, 0.1) is 6.92 Å². The predicted octanol–water partition coefficient (Wildman–Crippen LogP) is 4.75. The van der Waals surface area contributed by atoms with Crippen molar-refractivity contribution in [1.29, 1.82) is 0 Å². The van der Waals surface area contributed by atoms with Crippen LogP contribution in [-0.2, 0) is 0 Å². The van der Waals surface area contributed by atoms with Crippen LogP contribution >= 0.6 is 11.3 Å². The maximum Gasteiger partial charge on any atom is 0.387 e. The minimum Gasteiger partial charge on any atom is -0.435 e. The van der Waals surface area contributed by atoms with E-state index in [4.69, 9.17) is 0 Å². The first-order valence-corrected chi connectivity index (χ1v) is 7.76. The summed E-state index contributed by atoms with van der Waals surface area (Å²) >= 11 is 1.74. The van der Waals surface area contributed by atoms with Gasteiger partial charge < -0.3 is 10.1 Å². The monoisotopic (exact) mass is 311 g/mol. The maximum atomic E-state index is 12.2. The van der Waals surface area contributed by atoms with E-state index in [1.165, 1.54) is 9.75 Å². The van der Waals surface area contributed by atoms with E-state index >= 15 is 0 Å². The molecule has 0 fully saturated rings. The van der Waals surface area contributed by atoms with Gasteiger partial charge in [0.1, 0.15) is 5.75 Å². The number of benzene rings is 1. The second-order valence-corrected chi connectivity index (χ2v) is 6.10. The number of ether oxygens (including phenoxy) is 1. The number of rotatable bonds is 7. The molecule has 0 bridgehead atoms. The topological polar surface area (TPSA) is 21.3 Å². The van der Waals surface area contributed by atoms with Crippen molar-refractivity contribution >= 4 is 11.3 Å². The largest absolute Gasteiger partial charge is 0.435 e. The van der Waals surface area contributed by atoms with Crippen LogP contribution in [0.25, 0.3) is 0 Å². The number of halogens is 2. The maximum absolute atomic E-state index is 12.2. The summed E-state index contributed by atoms with van der Waals surface area (Å²) in [4.78, 5) is 2.48. The highest BCUT2D eigenvalue weighted by molar-refractivity contribution is 7.12. The molecule has 21 heavy (non-hydrogen) atoms. The zero-order chi connectivity index (χ0) is 15.2. The van der Waals surface area contributed by atoms with Gasteiger partial charge in [0.2, 0.25) is 0 Å². The molecule has 5 heteroatoms. The molecule has 0 aliphatic carbocycles. The SMILES string of the molecule is CCCNC(c1ccc(OC(F)F)cc1)c1ccc(C)s1. The minimum absolute atomic E-state index is 0.0873. The van der Waals surface area contributed by atoms with E-state index < -0.39 is 6.61 Å². The van der Waals surface area contributed by atoms with Gasteiger partial charge in [0.15, 0.2) is 0 Å². The Morgan fingerprint density at radius 3 is 2.38 bits per heavy atom. The Bertz CT molecular complexity index is 554. The molecule has 0 radical (unpaired) electrons. The van der Waals surface area contributed by atoms with Crippen LogP contribution < -0.4 is 10.1 Å². The highest BCUT2D eigenvalue weighted by Crippen LogP contribution is 2.29. The van der Waals surface area contributed by atoms with Gasteiger partial charge in [-0.25, -0.2) is 0 Å². The molecule has 0 spiro atoms. The summed E-state index contributed by atoms with van der Waals surface area (Å²) in [5.41, 5.74) is 1.05. The lowest BCUT2D eigenvalue weighted by molar-refractivity contribution is -0.0498. The lowest BCUT2D eigenvalue weighted by atomic mass is 10.0. The van der Waals surface area contributed by atoms with Crippen LogP contribution in [0.3, 0.4) is 0 Å². The first-order valence-electron chi connectivity index (χ1n) is 6.94. The van der Waals surface area contributed by atoms with E-state index in [1.54, 1.807) is 23.5 Å². The number of hydrogen-bond acceptors (Lipinski definition) is 3. The summed E-state index contributed by atoms with van der Waals surface area (Å²) in [6.07, 6.45) is 1.04. The fourth-order valence-electron chi connectivity index (χ4n) is 2.12. The van der Waals surface area contributed by atoms with Crippen LogP contribution in [0.2, 0.25) is 0 Å². The molecule has 114 valence electrons. The zero-order valence-corrected chi connectivity index (χ0v) is 12.9. The summed E-state index contributed by atoms with van der Waals surface area (Å²) in [6, 6.07) is 11.1. The van der Waals surface area contributed by atoms with Gasteiger partial charge in [0.25, 0.3) is 0 Å². The summed E-state index contributed by atoms with van der Waals surface area (Å²) in [5.74, 6) is 0.186. The van der Waals surface area contributed by atoms with E-state index in [9.17, 15) is 8.78 Å². The first kappa shape index (κ1) is 15.9. The zero-order valence-electron chi connectivity index (χ0n) is 12.1. The molecule has 0 saturated carbocycles. The van der Waals surface area contributed by atoms with Gasteiger partial charge in [-0.1, -0.05) is 19.1 Å². The van der Waals surface area contributed by atoms with Crippen molar-refractivity contribution in [1.82, 2.24) is 5.32 Å². The molecule has 0 amide bonds. The van der Waals surface area contributed by atoms with Gasteiger partial charge in [0, 0.05) is 9.75 Å². The second kappa shape index (κ2) is 7.52. The summed E-state index contributed by atoms with van der Waals surface area (Å²) in [5, 5.41) is 3.50. The number of nitrogens with one attached hydrogen (secondary N) is 1. The Labute approximate surface area is 127 Å². The first-order chi connectivity index (χ1) is 10.1. The molecule has 2 nitrogen and oxygen atoms in total. The fraction of sp³-hybridized carbons (Fsp3) is 0.375. The van der Waals surface area contributed by atoms with E-state index in [0.717, 1.165) is 18.5 Å². The third-order valence-corrected chi connectivity index (χ3v) is 4.15.